The van der Waals surface area contributed by atoms with Crippen LogP contribution in [0.1, 0.15) is 10.4 Å². The number of nitrogens with zero attached hydrogens (tertiary/aromatic N) is 4. The molecule has 0 bridgehead atoms. The summed E-state index contributed by atoms with van der Waals surface area (Å²) in [7, 11) is 3.12. The van der Waals surface area contributed by atoms with Crippen LogP contribution in [0, 0.1) is 0 Å². The summed E-state index contributed by atoms with van der Waals surface area (Å²) in [5.74, 6) is 0.627. The number of ether oxygens (including phenoxy) is 3. The van der Waals surface area contributed by atoms with Gasteiger partial charge in [-0.15, -0.1) is 15.3 Å². The Morgan fingerprint density at radius 3 is 2.67 bits per heavy atom. The van der Waals surface area contributed by atoms with E-state index < -0.39 is 11.7 Å². The highest BCUT2D eigenvalue weighted by Gasteiger charge is 2.19. The number of ketones is 1. The number of para-hydroxylation sites is 1. The van der Waals surface area contributed by atoms with Gasteiger partial charge in [0.1, 0.15) is 6.61 Å². The van der Waals surface area contributed by atoms with Crippen molar-refractivity contribution in [3.63, 3.8) is 0 Å². The van der Waals surface area contributed by atoms with Crippen LogP contribution in [0.5, 0.6) is 17.4 Å². The van der Waals surface area contributed by atoms with Crippen molar-refractivity contribution < 1.29 is 23.8 Å². The van der Waals surface area contributed by atoms with Crippen LogP contribution in [0.4, 0.5) is 0 Å². The fourth-order valence-electron chi connectivity index (χ4n) is 3.79. The van der Waals surface area contributed by atoms with Gasteiger partial charge in [0.2, 0.25) is 5.88 Å². The lowest BCUT2D eigenvalue weighted by molar-refractivity contribution is -0.117. The van der Waals surface area contributed by atoms with E-state index in [9.17, 15) is 9.59 Å². The first-order chi connectivity index (χ1) is 17.6. The number of carbonyl (C=O) groups is 2. The molecule has 0 spiro atoms. The number of nitrogens with one attached hydrogen (secondary N) is 2. The molecule has 0 atom stereocenters. The third-order valence-electron chi connectivity index (χ3n) is 5.56. The van der Waals surface area contributed by atoms with Crippen molar-refractivity contribution in [2.75, 3.05) is 27.4 Å². The number of Topliss-reactive ketones (excluding diaryl/α,β-unsaturated/α-hetero) is 1. The van der Waals surface area contributed by atoms with Gasteiger partial charge in [-0.25, -0.2) is 0 Å². The van der Waals surface area contributed by atoms with Crippen LogP contribution < -0.4 is 19.5 Å². The van der Waals surface area contributed by atoms with E-state index in [4.69, 9.17) is 14.2 Å². The zero-order valence-corrected chi connectivity index (χ0v) is 19.5. The van der Waals surface area contributed by atoms with Crippen LogP contribution in [0.15, 0.2) is 60.8 Å². The Kier molecular flexibility index (Phi) is 6.18. The molecule has 5 rings (SSSR count). The molecule has 0 aliphatic heterocycles. The number of aromatic nitrogens is 5. The van der Waals surface area contributed by atoms with Gasteiger partial charge in [0.25, 0.3) is 11.7 Å². The standard InChI is InChI=1S/C25H22N6O5/c1-34-19-8-7-15(13-20(19)35-2)24-29-28-21-9-10-22(30-31(21)24)36-12-11-26-25(33)23(32)17-14-27-18-6-4-3-5-16(17)18/h3-10,13-14,27H,11-12H2,1-2H3,(H,26,33). The van der Waals surface area contributed by atoms with E-state index in [2.05, 4.69) is 25.6 Å². The third-order valence-corrected chi connectivity index (χ3v) is 5.56. The van der Waals surface area contributed by atoms with Crippen molar-refractivity contribution in [3.05, 3.63) is 66.4 Å². The lowest BCUT2D eigenvalue weighted by Crippen LogP contribution is -2.34. The predicted molar refractivity (Wildman–Crippen MR) is 130 cm³/mol. The van der Waals surface area contributed by atoms with E-state index in [-0.39, 0.29) is 13.2 Å². The summed E-state index contributed by atoms with van der Waals surface area (Å²) < 4.78 is 17.9. The minimum Gasteiger partial charge on any atom is -0.493 e. The summed E-state index contributed by atoms with van der Waals surface area (Å²) >= 11 is 0. The molecular weight excluding hydrogens is 464 g/mol. The molecule has 11 nitrogen and oxygen atoms in total. The smallest absolute Gasteiger partial charge is 0.292 e. The zero-order chi connectivity index (χ0) is 25.1. The highest BCUT2D eigenvalue weighted by atomic mass is 16.5. The molecule has 182 valence electrons. The predicted octanol–water partition coefficient (Wildman–Crippen LogP) is 2.67. The Balaban J connectivity index is 1.23. The number of benzene rings is 2. The Morgan fingerprint density at radius 2 is 1.83 bits per heavy atom. The first kappa shape index (κ1) is 22.8. The minimum absolute atomic E-state index is 0.110. The first-order valence-electron chi connectivity index (χ1n) is 11.1. The van der Waals surface area contributed by atoms with Crippen LogP contribution in [-0.2, 0) is 4.79 Å². The lowest BCUT2D eigenvalue weighted by atomic mass is 10.1. The highest BCUT2D eigenvalue weighted by Crippen LogP contribution is 2.31. The maximum atomic E-state index is 12.5. The van der Waals surface area contributed by atoms with E-state index in [1.165, 1.54) is 6.20 Å². The summed E-state index contributed by atoms with van der Waals surface area (Å²) in [5.41, 5.74) is 2.38. The van der Waals surface area contributed by atoms with Crippen molar-refractivity contribution in [3.8, 4) is 28.8 Å². The van der Waals surface area contributed by atoms with Gasteiger partial charge in [-0.05, 0) is 30.3 Å². The van der Waals surface area contributed by atoms with Gasteiger partial charge in [-0.3, -0.25) is 9.59 Å². The maximum absolute atomic E-state index is 12.5. The largest absolute Gasteiger partial charge is 0.493 e. The van der Waals surface area contributed by atoms with E-state index in [0.717, 1.165) is 11.1 Å². The number of amides is 1. The molecule has 1 amide bonds. The number of carbonyl (C=O) groups excluding carboxylic acids is 2. The number of hydrogen-bond acceptors (Lipinski definition) is 8. The van der Waals surface area contributed by atoms with E-state index in [1.807, 2.05) is 24.3 Å². The average Bonchev–Trinajstić information content (AvgIpc) is 3.54. The molecule has 0 aliphatic carbocycles. The number of fused-ring (bicyclic) bond motifs is 2. The van der Waals surface area contributed by atoms with Gasteiger partial charge in [0.05, 0.1) is 26.3 Å². The number of methoxy groups -OCH3 is 2. The van der Waals surface area contributed by atoms with Crippen molar-refractivity contribution in [2.45, 2.75) is 0 Å². The van der Waals surface area contributed by atoms with Crippen LogP contribution in [0.2, 0.25) is 0 Å². The van der Waals surface area contributed by atoms with Crippen molar-refractivity contribution in [1.29, 1.82) is 0 Å². The molecule has 0 fully saturated rings. The number of rotatable bonds is 9. The third kappa shape index (κ3) is 4.29. The average molecular weight is 486 g/mol. The summed E-state index contributed by atoms with van der Waals surface area (Å²) in [6.07, 6.45) is 1.54. The van der Waals surface area contributed by atoms with Crippen molar-refractivity contribution in [2.24, 2.45) is 0 Å². The Labute approximate surface area is 205 Å². The Morgan fingerprint density at radius 1 is 1.00 bits per heavy atom. The SMILES string of the molecule is COc1ccc(-c2nnc3ccc(OCCNC(=O)C(=O)c4c[nH]c5ccccc45)nn23)cc1OC. The van der Waals surface area contributed by atoms with Gasteiger partial charge in [0.15, 0.2) is 23.0 Å². The van der Waals surface area contributed by atoms with Gasteiger partial charge in [-0.2, -0.15) is 4.52 Å². The molecule has 2 N–H and O–H groups in total. The Bertz CT molecular complexity index is 1570. The lowest BCUT2D eigenvalue weighted by Gasteiger charge is -2.09. The number of aromatic amines is 1. The fourth-order valence-corrected chi connectivity index (χ4v) is 3.79. The van der Waals surface area contributed by atoms with Crippen molar-refractivity contribution >= 4 is 28.2 Å². The van der Waals surface area contributed by atoms with E-state index in [1.54, 1.807) is 49.1 Å². The molecule has 2 aromatic carbocycles. The molecule has 0 radical (unpaired) electrons. The Hall–Kier alpha value is -4.93. The fraction of sp³-hybridized carbons (Fsp3) is 0.160. The monoisotopic (exact) mass is 486 g/mol. The van der Waals surface area contributed by atoms with Crippen LogP contribution in [-0.4, -0.2) is 63.9 Å². The topological polar surface area (TPSA) is 133 Å². The first-order valence-corrected chi connectivity index (χ1v) is 11.1. The number of hydrogen-bond donors (Lipinski definition) is 2. The van der Waals surface area contributed by atoms with E-state index in [0.29, 0.717) is 39.8 Å². The summed E-state index contributed by atoms with van der Waals surface area (Å²) in [4.78, 5) is 27.9. The second-order valence-electron chi connectivity index (χ2n) is 7.72. The molecular formula is C25H22N6O5. The normalized spacial score (nSPS) is 10.9. The molecule has 0 aliphatic rings. The summed E-state index contributed by atoms with van der Waals surface area (Å²) in [6, 6.07) is 16.1. The van der Waals surface area contributed by atoms with Gasteiger partial charge >= 0.3 is 0 Å². The van der Waals surface area contributed by atoms with Gasteiger partial charge in [-0.1, -0.05) is 18.2 Å². The molecule has 3 aromatic heterocycles. The van der Waals surface area contributed by atoms with Crippen LogP contribution >= 0.6 is 0 Å². The van der Waals surface area contributed by atoms with Crippen LogP contribution in [0.3, 0.4) is 0 Å². The molecule has 36 heavy (non-hydrogen) atoms. The van der Waals surface area contributed by atoms with Gasteiger partial charge in [0, 0.05) is 28.7 Å². The molecule has 0 unspecified atom stereocenters. The van der Waals surface area contributed by atoms with Crippen LogP contribution in [0.25, 0.3) is 27.9 Å². The summed E-state index contributed by atoms with van der Waals surface area (Å²) in [5, 5.41) is 16.1. The van der Waals surface area contributed by atoms with Gasteiger partial charge < -0.3 is 24.5 Å². The second kappa shape index (κ2) is 9.74. The molecule has 5 aromatic rings. The maximum Gasteiger partial charge on any atom is 0.292 e. The quantitative estimate of drug-likeness (QED) is 0.185. The highest BCUT2D eigenvalue weighted by molar-refractivity contribution is 6.44. The molecule has 3 heterocycles. The van der Waals surface area contributed by atoms with Crippen molar-refractivity contribution in [1.82, 2.24) is 30.1 Å². The number of H-pyrrole nitrogens is 1. The zero-order valence-electron chi connectivity index (χ0n) is 19.5. The summed E-state index contributed by atoms with van der Waals surface area (Å²) in [6.45, 7) is 0.233. The molecule has 0 saturated heterocycles. The van der Waals surface area contributed by atoms with E-state index >= 15 is 0 Å². The second-order valence-corrected chi connectivity index (χ2v) is 7.72. The minimum atomic E-state index is -0.707. The molecule has 0 saturated carbocycles. The molecule has 11 heteroatoms.